The normalized spacial score (nSPS) is 10.5. The number of carboxylic acid groups (broad SMARTS) is 1. The van der Waals surface area contributed by atoms with Gasteiger partial charge in [-0.2, -0.15) is 0 Å². The molecule has 0 unspecified atom stereocenters. The van der Waals surface area contributed by atoms with Crippen LogP contribution in [0.3, 0.4) is 0 Å². The van der Waals surface area contributed by atoms with Crippen LogP contribution in [0.2, 0.25) is 0 Å². The summed E-state index contributed by atoms with van der Waals surface area (Å²) in [6.07, 6.45) is 0.0654. The molecule has 0 aliphatic carbocycles. The van der Waals surface area contributed by atoms with Crippen molar-refractivity contribution >= 4 is 23.5 Å². The lowest BCUT2D eigenvalue weighted by atomic mass is 10.0. The van der Waals surface area contributed by atoms with Gasteiger partial charge in [0, 0.05) is 5.69 Å². The molecule has 0 heterocycles. The van der Waals surface area contributed by atoms with Crippen LogP contribution in [0, 0.1) is 6.92 Å². The standard InChI is InChI=1S/C22H26N2O5/c1-14(2)18-9-4-15(3)10-19(18)29-13-21(26)24-17-7-5-16(6-8-17)11-20(25)23-12-22(27)28/h4-10,14H,11-13H2,1-3H3,(H,23,25)(H,24,26)(H,27,28). The van der Waals surface area contributed by atoms with Gasteiger partial charge in [-0.05, 0) is 47.7 Å². The van der Waals surface area contributed by atoms with Gasteiger partial charge in [0.2, 0.25) is 5.91 Å². The first-order valence-corrected chi connectivity index (χ1v) is 9.35. The van der Waals surface area contributed by atoms with E-state index in [0.29, 0.717) is 17.0 Å². The SMILES string of the molecule is Cc1ccc(C(C)C)c(OCC(=O)Nc2ccc(CC(=O)NCC(=O)O)cc2)c1. The fourth-order valence-electron chi connectivity index (χ4n) is 2.71. The Labute approximate surface area is 170 Å². The molecule has 2 rings (SSSR count). The number of benzene rings is 2. The highest BCUT2D eigenvalue weighted by atomic mass is 16.5. The van der Waals surface area contributed by atoms with E-state index in [1.165, 1.54) is 0 Å². The molecular weight excluding hydrogens is 372 g/mol. The lowest BCUT2D eigenvalue weighted by Crippen LogP contribution is -2.30. The average Bonchev–Trinajstić information content (AvgIpc) is 2.66. The van der Waals surface area contributed by atoms with Gasteiger partial charge < -0.3 is 20.5 Å². The average molecular weight is 398 g/mol. The Balaban J connectivity index is 1.87. The van der Waals surface area contributed by atoms with Crippen molar-refractivity contribution in [1.29, 1.82) is 0 Å². The monoisotopic (exact) mass is 398 g/mol. The summed E-state index contributed by atoms with van der Waals surface area (Å²) >= 11 is 0. The fourth-order valence-corrected chi connectivity index (χ4v) is 2.71. The van der Waals surface area contributed by atoms with Gasteiger partial charge in [-0.25, -0.2) is 0 Å². The number of rotatable bonds is 9. The number of aryl methyl sites for hydroxylation is 1. The van der Waals surface area contributed by atoms with Gasteiger partial charge in [-0.1, -0.05) is 38.1 Å². The van der Waals surface area contributed by atoms with Gasteiger partial charge in [-0.15, -0.1) is 0 Å². The quantitative estimate of drug-likeness (QED) is 0.602. The number of nitrogens with one attached hydrogen (secondary N) is 2. The molecular formula is C22H26N2O5. The van der Waals surface area contributed by atoms with Crippen molar-refractivity contribution < 1.29 is 24.2 Å². The number of hydrogen-bond acceptors (Lipinski definition) is 4. The molecule has 7 heteroatoms. The zero-order chi connectivity index (χ0) is 21.4. The minimum Gasteiger partial charge on any atom is -0.483 e. The second-order valence-corrected chi connectivity index (χ2v) is 7.08. The van der Waals surface area contributed by atoms with E-state index in [-0.39, 0.29) is 30.8 Å². The van der Waals surface area contributed by atoms with Crippen LogP contribution in [-0.2, 0) is 20.8 Å². The summed E-state index contributed by atoms with van der Waals surface area (Å²) in [5, 5.41) is 13.6. The van der Waals surface area contributed by atoms with Crippen LogP contribution in [0.25, 0.3) is 0 Å². The third-order valence-electron chi connectivity index (χ3n) is 4.19. The van der Waals surface area contributed by atoms with Crippen LogP contribution in [-0.4, -0.2) is 36.0 Å². The number of carboxylic acids is 1. The molecule has 2 aromatic rings. The van der Waals surface area contributed by atoms with Gasteiger partial charge in [0.1, 0.15) is 12.3 Å². The lowest BCUT2D eigenvalue weighted by molar-refractivity contribution is -0.137. The van der Waals surface area contributed by atoms with Gasteiger partial charge in [0.25, 0.3) is 5.91 Å². The summed E-state index contributed by atoms with van der Waals surface area (Å²) in [6, 6.07) is 12.7. The first kappa shape index (κ1) is 21.9. The van der Waals surface area contributed by atoms with Crippen LogP contribution in [0.4, 0.5) is 5.69 Å². The zero-order valence-electron chi connectivity index (χ0n) is 16.8. The Bertz CT molecular complexity index is 875. The third kappa shape index (κ3) is 7.29. The highest BCUT2D eigenvalue weighted by Gasteiger charge is 2.11. The summed E-state index contributed by atoms with van der Waals surface area (Å²) in [5.41, 5.74) is 3.41. The Morgan fingerprint density at radius 1 is 1.03 bits per heavy atom. The van der Waals surface area contributed by atoms with Crippen LogP contribution in [0.1, 0.15) is 36.5 Å². The van der Waals surface area contributed by atoms with Crippen molar-refractivity contribution in [3.8, 4) is 5.75 Å². The molecule has 0 radical (unpaired) electrons. The molecule has 2 amide bonds. The Kier molecular flexibility index (Phi) is 7.77. The number of carbonyl (C=O) groups excluding carboxylic acids is 2. The molecule has 0 fully saturated rings. The Hall–Kier alpha value is -3.35. The topological polar surface area (TPSA) is 105 Å². The van der Waals surface area contributed by atoms with Crippen LogP contribution in [0.5, 0.6) is 5.75 Å². The molecule has 0 aliphatic heterocycles. The second kappa shape index (κ2) is 10.3. The molecule has 0 saturated heterocycles. The van der Waals surface area contributed by atoms with Crippen molar-refractivity contribution in [2.75, 3.05) is 18.5 Å². The smallest absolute Gasteiger partial charge is 0.322 e. The number of amides is 2. The van der Waals surface area contributed by atoms with E-state index in [2.05, 4.69) is 24.5 Å². The molecule has 154 valence electrons. The maximum absolute atomic E-state index is 12.2. The minimum atomic E-state index is -1.09. The zero-order valence-corrected chi connectivity index (χ0v) is 16.8. The molecule has 2 aromatic carbocycles. The van der Waals surface area contributed by atoms with Gasteiger partial charge in [-0.3, -0.25) is 14.4 Å². The third-order valence-corrected chi connectivity index (χ3v) is 4.19. The molecule has 3 N–H and O–H groups in total. The van der Waals surface area contributed by atoms with Crippen molar-refractivity contribution in [2.24, 2.45) is 0 Å². The Morgan fingerprint density at radius 2 is 1.72 bits per heavy atom. The molecule has 0 atom stereocenters. The highest BCUT2D eigenvalue weighted by molar-refractivity contribution is 5.92. The van der Waals surface area contributed by atoms with E-state index < -0.39 is 12.5 Å². The lowest BCUT2D eigenvalue weighted by Gasteiger charge is -2.15. The predicted octanol–water partition coefficient (Wildman–Crippen LogP) is 2.88. The van der Waals surface area contributed by atoms with E-state index >= 15 is 0 Å². The van der Waals surface area contributed by atoms with Crippen LogP contribution in [0.15, 0.2) is 42.5 Å². The summed E-state index contributed by atoms with van der Waals surface area (Å²) in [6.45, 7) is 5.59. The second-order valence-electron chi connectivity index (χ2n) is 7.08. The van der Waals surface area contributed by atoms with E-state index in [4.69, 9.17) is 9.84 Å². The van der Waals surface area contributed by atoms with E-state index in [1.54, 1.807) is 24.3 Å². The van der Waals surface area contributed by atoms with Gasteiger partial charge in [0.05, 0.1) is 6.42 Å². The fraction of sp³-hybridized carbons (Fsp3) is 0.318. The molecule has 0 aliphatic rings. The number of hydrogen-bond donors (Lipinski definition) is 3. The van der Waals surface area contributed by atoms with Crippen molar-refractivity contribution in [1.82, 2.24) is 5.32 Å². The molecule has 0 spiro atoms. The summed E-state index contributed by atoms with van der Waals surface area (Å²) in [5.74, 6) is -0.763. The van der Waals surface area contributed by atoms with Crippen LogP contribution < -0.4 is 15.4 Å². The number of aliphatic carboxylic acids is 1. The maximum Gasteiger partial charge on any atom is 0.322 e. The summed E-state index contributed by atoms with van der Waals surface area (Å²) in [7, 11) is 0. The number of carbonyl (C=O) groups is 3. The van der Waals surface area contributed by atoms with Crippen LogP contribution >= 0.6 is 0 Å². The van der Waals surface area contributed by atoms with Crippen molar-refractivity contribution in [3.63, 3.8) is 0 Å². The predicted molar refractivity (Wildman–Crippen MR) is 110 cm³/mol. The molecule has 0 bridgehead atoms. The molecule has 0 saturated carbocycles. The van der Waals surface area contributed by atoms with E-state index in [0.717, 1.165) is 11.1 Å². The van der Waals surface area contributed by atoms with Crippen molar-refractivity contribution in [3.05, 3.63) is 59.2 Å². The van der Waals surface area contributed by atoms with Gasteiger partial charge >= 0.3 is 5.97 Å². The van der Waals surface area contributed by atoms with E-state index in [9.17, 15) is 14.4 Å². The number of anilines is 1. The van der Waals surface area contributed by atoms with Crippen molar-refractivity contribution in [2.45, 2.75) is 33.1 Å². The maximum atomic E-state index is 12.2. The van der Waals surface area contributed by atoms with E-state index in [1.807, 2.05) is 25.1 Å². The minimum absolute atomic E-state index is 0.0654. The number of ether oxygens (including phenoxy) is 1. The summed E-state index contributed by atoms with van der Waals surface area (Å²) in [4.78, 5) is 34.3. The van der Waals surface area contributed by atoms with Gasteiger partial charge in [0.15, 0.2) is 6.61 Å². The summed E-state index contributed by atoms with van der Waals surface area (Å²) < 4.78 is 5.72. The molecule has 29 heavy (non-hydrogen) atoms. The largest absolute Gasteiger partial charge is 0.483 e. The Morgan fingerprint density at radius 3 is 2.34 bits per heavy atom. The molecule has 0 aromatic heterocycles. The first-order valence-electron chi connectivity index (χ1n) is 9.35. The molecule has 7 nitrogen and oxygen atoms in total. The first-order chi connectivity index (χ1) is 13.7. The highest BCUT2D eigenvalue weighted by Crippen LogP contribution is 2.27.